The van der Waals surface area contributed by atoms with Crippen molar-refractivity contribution in [1.29, 1.82) is 0 Å². The normalized spacial score (nSPS) is 12.8. The minimum absolute atomic E-state index is 0.538. The van der Waals surface area contributed by atoms with Gasteiger partial charge in [-0.3, -0.25) is 4.40 Å². The van der Waals surface area contributed by atoms with Crippen molar-refractivity contribution >= 4 is 27.3 Å². The average Bonchev–Trinajstić information content (AvgIpc) is 3.19. The fourth-order valence-electron chi connectivity index (χ4n) is 4.00. The van der Waals surface area contributed by atoms with Gasteiger partial charge in [0.25, 0.3) is 0 Å². The Labute approximate surface area is 164 Å². The maximum atomic E-state index is 4.58. The summed E-state index contributed by atoms with van der Waals surface area (Å²) in [4.78, 5) is 0. The van der Waals surface area contributed by atoms with Crippen LogP contribution in [0.4, 0.5) is 0 Å². The molecule has 0 amide bonds. The van der Waals surface area contributed by atoms with Crippen molar-refractivity contribution in [3.05, 3.63) is 77.9 Å². The predicted molar refractivity (Wildman–Crippen MR) is 117 cm³/mol. The van der Waals surface area contributed by atoms with E-state index in [1.165, 1.54) is 21.9 Å². The maximum Gasteiger partial charge on any atom is 0.169 e. The van der Waals surface area contributed by atoms with E-state index < -0.39 is 0 Å². The van der Waals surface area contributed by atoms with Crippen molar-refractivity contribution in [3.63, 3.8) is 0 Å². The summed E-state index contributed by atoms with van der Waals surface area (Å²) in [6, 6.07) is 23.9. The van der Waals surface area contributed by atoms with Crippen LogP contribution in [0.15, 0.2) is 66.7 Å². The van der Waals surface area contributed by atoms with E-state index in [0.717, 1.165) is 34.4 Å². The molecule has 5 aromatic rings. The van der Waals surface area contributed by atoms with E-state index in [1.54, 1.807) is 0 Å². The number of fused-ring (bicyclic) bond motifs is 6. The molecule has 0 spiro atoms. The molecule has 0 fully saturated rings. The van der Waals surface area contributed by atoms with Gasteiger partial charge in [0, 0.05) is 16.3 Å². The van der Waals surface area contributed by atoms with Gasteiger partial charge in [-0.25, -0.2) is 0 Å². The second-order valence-electron chi connectivity index (χ2n) is 7.68. The molecule has 0 bridgehead atoms. The highest BCUT2D eigenvalue weighted by molar-refractivity contribution is 6.12. The summed E-state index contributed by atoms with van der Waals surface area (Å²) < 4.78 is 2.21. The van der Waals surface area contributed by atoms with Gasteiger partial charge in [0.2, 0.25) is 0 Å². The number of benzene rings is 3. The fourth-order valence-corrected chi connectivity index (χ4v) is 4.00. The van der Waals surface area contributed by atoms with Gasteiger partial charge >= 0.3 is 0 Å². The summed E-state index contributed by atoms with van der Waals surface area (Å²) in [6.45, 7) is 6.63. The predicted octanol–water partition coefficient (Wildman–Crippen LogP) is 6.52. The van der Waals surface area contributed by atoms with Gasteiger partial charge in [-0.2, -0.15) is 0 Å². The lowest BCUT2D eigenvalue weighted by molar-refractivity contribution is 0.734. The Bertz CT molecular complexity index is 1310. The van der Waals surface area contributed by atoms with Crippen LogP contribution in [0.25, 0.3) is 38.7 Å². The lowest BCUT2D eigenvalue weighted by Crippen LogP contribution is -1.97. The molecule has 1 unspecified atom stereocenters. The zero-order valence-electron chi connectivity index (χ0n) is 16.5. The van der Waals surface area contributed by atoms with E-state index in [4.69, 9.17) is 0 Å². The van der Waals surface area contributed by atoms with Crippen molar-refractivity contribution in [2.45, 2.75) is 33.1 Å². The molecule has 138 valence electrons. The molecule has 1 atom stereocenters. The molecule has 28 heavy (non-hydrogen) atoms. The molecule has 0 aliphatic heterocycles. The molecule has 5 rings (SSSR count). The first-order chi connectivity index (χ1) is 13.7. The van der Waals surface area contributed by atoms with Gasteiger partial charge in [0.15, 0.2) is 11.5 Å². The van der Waals surface area contributed by atoms with Gasteiger partial charge < -0.3 is 0 Å². The topological polar surface area (TPSA) is 30.2 Å². The van der Waals surface area contributed by atoms with Crippen LogP contribution in [-0.2, 0) is 0 Å². The Balaban J connectivity index is 1.92. The van der Waals surface area contributed by atoms with Crippen LogP contribution in [0, 0.1) is 6.92 Å². The molecule has 3 aromatic carbocycles. The standard InChI is InChI=1S/C25H23N3/c1-4-17(3)19-13-14-23-22(15-19)20-7-5-6-8-21(20)25-27-26-24(28(23)25)18-11-9-16(2)10-12-18/h5-15,17H,4H2,1-3H3. The van der Waals surface area contributed by atoms with E-state index in [9.17, 15) is 0 Å². The second kappa shape index (κ2) is 6.45. The third kappa shape index (κ3) is 2.50. The molecule has 0 saturated heterocycles. The highest BCUT2D eigenvalue weighted by atomic mass is 15.2. The lowest BCUT2D eigenvalue weighted by Gasteiger charge is -2.14. The SMILES string of the molecule is CCC(C)c1ccc2c(c1)c1ccccc1c1nnc(-c3ccc(C)cc3)n21. The van der Waals surface area contributed by atoms with Crippen molar-refractivity contribution in [3.8, 4) is 11.4 Å². The Morgan fingerprint density at radius 2 is 1.61 bits per heavy atom. The minimum Gasteiger partial charge on any atom is -0.274 e. The van der Waals surface area contributed by atoms with Crippen molar-refractivity contribution in [2.24, 2.45) is 0 Å². The monoisotopic (exact) mass is 365 g/mol. The third-order valence-electron chi connectivity index (χ3n) is 5.87. The number of rotatable bonds is 3. The number of aryl methyl sites for hydroxylation is 1. The van der Waals surface area contributed by atoms with Gasteiger partial charge in [-0.15, -0.1) is 10.2 Å². The summed E-state index contributed by atoms with van der Waals surface area (Å²) in [5.74, 6) is 1.43. The molecular formula is C25H23N3. The molecular weight excluding hydrogens is 342 g/mol. The average molecular weight is 365 g/mol. The summed E-state index contributed by atoms with van der Waals surface area (Å²) in [5.41, 5.74) is 5.77. The van der Waals surface area contributed by atoms with Gasteiger partial charge in [-0.1, -0.05) is 74.0 Å². The number of hydrogen-bond donors (Lipinski definition) is 0. The molecule has 2 aromatic heterocycles. The van der Waals surface area contributed by atoms with Crippen LogP contribution in [0.1, 0.15) is 37.3 Å². The fraction of sp³-hybridized carbons (Fsp3) is 0.200. The smallest absolute Gasteiger partial charge is 0.169 e. The van der Waals surface area contributed by atoms with Gasteiger partial charge in [0.1, 0.15) is 0 Å². The van der Waals surface area contributed by atoms with E-state index >= 15 is 0 Å². The van der Waals surface area contributed by atoms with Crippen LogP contribution in [-0.4, -0.2) is 14.6 Å². The quantitative estimate of drug-likeness (QED) is 0.340. The maximum absolute atomic E-state index is 4.58. The van der Waals surface area contributed by atoms with E-state index in [-0.39, 0.29) is 0 Å². The largest absolute Gasteiger partial charge is 0.274 e. The molecule has 0 N–H and O–H groups in total. The summed E-state index contributed by atoms with van der Waals surface area (Å²) >= 11 is 0. The highest BCUT2D eigenvalue weighted by Crippen LogP contribution is 2.34. The summed E-state index contributed by atoms with van der Waals surface area (Å²) in [7, 11) is 0. The number of hydrogen-bond acceptors (Lipinski definition) is 2. The first kappa shape index (κ1) is 16.9. The van der Waals surface area contributed by atoms with Crippen molar-refractivity contribution in [1.82, 2.24) is 14.6 Å². The summed E-state index contributed by atoms with van der Waals surface area (Å²) in [6.07, 6.45) is 1.13. The Morgan fingerprint density at radius 1 is 0.857 bits per heavy atom. The van der Waals surface area contributed by atoms with E-state index in [1.807, 2.05) is 0 Å². The molecule has 0 radical (unpaired) electrons. The van der Waals surface area contributed by atoms with Gasteiger partial charge in [-0.05, 0) is 42.3 Å². The molecule has 2 heterocycles. The van der Waals surface area contributed by atoms with Crippen LogP contribution in [0.5, 0.6) is 0 Å². The molecule has 0 saturated carbocycles. The minimum atomic E-state index is 0.538. The number of nitrogens with zero attached hydrogens (tertiary/aromatic N) is 3. The zero-order chi connectivity index (χ0) is 19.3. The van der Waals surface area contributed by atoms with Crippen molar-refractivity contribution in [2.75, 3.05) is 0 Å². The molecule has 0 aliphatic rings. The first-order valence-electron chi connectivity index (χ1n) is 9.94. The van der Waals surface area contributed by atoms with E-state index in [2.05, 4.69) is 102 Å². The summed E-state index contributed by atoms with van der Waals surface area (Å²) in [5, 5.41) is 12.8. The Morgan fingerprint density at radius 3 is 2.36 bits per heavy atom. The van der Waals surface area contributed by atoms with Crippen LogP contribution in [0.3, 0.4) is 0 Å². The molecule has 3 nitrogen and oxygen atoms in total. The second-order valence-corrected chi connectivity index (χ2v) is 7.68. The lowest BCUT2D eigenvalue weighted by atomic mass is 9.95. The highest BCUT2D eigenvalue weighted by Gasteiger charge is 2.16. The molecule has 3 heteroatoms. The third-order valence-corrected chi connectivity index (χ3v) is 5.87. The van der Waals surface area contributed by atoms with Crippen LogP contribution in [0.2, 0.25) is 0 Å². The Kier molecular flexibility index (Phi) is 3.90. The van der Waals surface area contributed by atoms with Crippen LogP contribution < -0.4 is 0 Å². The van der Waals surface area contributed by atoms with Gasteiger partial charge in [0.05, 0.1) is 5.52 Å². The Hall–Kier alpha value is -3.20. The van der Waals surface area contributed by atoms with E-state index in [0.29, 0.717) is 5.92 Å². The molecule has 0 aliphatic carbocycles. The van der Waals surface area contributed by atoms with Crippen molar-refractivity contribution < 1.29 is 0 Å². The number of aromatic nitrogens is 3. The zero-order valence-corrected chi connectivity index (χ0v) is 16.5. The first-order valence-corrected chi connectivity index (χ1v) is 9.94. The number of pyridine rings is 1. The van der Waals surface area contributed by atoms with Crippen LogP contribution >= 0.6 is 0 Å².